The Morgan fingerprint density at radius 1 is 1.04 bits per heavy atom. The van der Waals surface area contributed by atoms with Gasteiger partial charge in [0.25, 0.3) is 0 Å². The van der Waals surface area contributed by atoms with Crippen molar-refractivity contribution in [1.29, 1.82) is 0 Å². The highest BCUT2D eigenvalue weighted by Crippen LogP contribution is 2.27. The molecular weight excluding hydrogens is 386 g/mol. The first-order valence-corrected chi connectivity index (χ1v) is 8.63. The molecule has 2 aromatic carbocycles. The molecule has 0 spiro atoms. The van der Waals surface area contributed by atoms with Crippen molar-refractivity contribution in [2.45, 2.75) is 6.54 Å². The van der Waals surface area contributed by atoms with Gasteiger partial charge in [-0.3, -0.25) is 19.3 Å². The quantitative estimate of drug-likeness (QED) is 0.591. The summed E-state index contributed by atoms with van der Waals surface area (Å²) in [5.74, 6) is -2.21. The highest BCUT2D eigenvalue weighted by Gasteiger charge is 2.45. The normalized spacial score (nSPS) is 13.9. The maximum atomic E-state index is 12.4. The first kappa shape index (κ1) is 19.4. The van der Waals surface area contributed by atoms with Gasteiger partial charge in [0.15, 0.2) is 0 Å². The van der Waals surface area contributed by atoms with Crippen LogP contribution in [0.1, 0.15) is 5.56 Å². The molecule has 0 bridgehead atoms. The number of amides is 5. The lowest BCUT2D eigenvalue weighted by Gasteiger charge is -2.15. The SMILES string of the molecule is COc1ccc(NC(=O)CN2C(=O)C(=O)N(Cc3ccccc3)C2=O)cc1Cl. The van der Waals surface area contributed by atoms with Gasteiger partial charge in [0.1, 0.15) is 12.3 Å². The molecule has 1 heterocycles. The number of nitrogens with one attached hydrogen (secondary N) is 1. The number of ether oxygens (including phenoxy) is 1. The molecule has 0 radical (unpaired) electrons. The van der Waals surface area contributed by atoms with Gasteiger partial charge < -0.3 is 10.1 Å². The number of rotatable bonds is 6. The van der Waals surface area contributed by atoms with Crippen molar-refractivity contribution in [3.8, 4) is 5.75 Å². The molecule has 1 aliphatic rings. The number of hydrogen-bond donors (Lipinski definition) is 1. The first-order valence-electron chi connectivity index (χ1n) is 8.25. The van der Waals surface area contributed by atoms with Gasteiger partial charge in [-0.1, -0.05) is 41.9 Å². The van der Waals surface area contributed by atoms with Crippen molar-refractivity contribution in [2.24, 2.45) is 0 Å². The van der Waals surface area contributed by atoms with Crippen LogP contribution in [-0.2, 0) is 20.9 Å². The molecule has 1 saturated heterocycles. The second-order valence-electron chi connectivity index (χ2n) is 5.95. The summed E-state index contributed by atoms with van der Waals surface area (Å²) in [5, 5.41) is 2.82. The molecule has 2 aromatic rings. The van der Waals surface area contributed by atoms with Crippen LogP contribution in [0.25, 0.3) is 0 Å². The lowest BCUT2D eigenvalue weighted by molar-refractivity contribution is -0.143. The number of halogens is 1. The number of carbonyl (C=O) groups is 4. The minimum Gasteiger partial charge on any atom is -0.495 e. The average Bonchev–Trinajstić information content (AvgIpc) is 2.87. The summed E-state index contributed by atoms with van der Waals surface area (Å²) in [6.07, 6.45) is 0. The van der Waals surface area contributed by atoms with E-state index in [2.05, 4.69) is 5.32 Å². The Labute approximate surface area is 165 Å². The van der Waals surface area contributed by atoms with Crippen molar-refractivity contribution in [2.75, 3.05) is 19.0 Å². The van der Waals surface area contributed by atoms with Gasteiger partial charge in [-0.05, 0) is 23.8 Å². The summed E-state index contributed by atoms with van der Waals surface area (Å²) in [5.41, 5.74) is 1.05. The van der Waals surface area contributed by atoms with Crippen molar-refractivity contribution in [1.82, 2.24) is 9.80 Å². The molecule has 1 N–H and O–H groups in total. The van der Waals surface area contributed by atoms with Crippen LogP contribution in [0.5, 0.6) is 5.75 Å². The van der Waals surface area contributed by atoms with Crippen LogP contribution in [0.2, 0.25) is 5.02 Å². The van der Waals surface area contributed by atoms with E-state index in [1.807, 2.05) is 0 Å². The van der Waals surface area contributed by atoms with Gasteiger partial charge in [0.2, 0.25) is 5.91 Å². The van der Waals surface area contributed by atoms with E-state index in [0.29, 0.717) is 21.9 Å². The molecule has 1 fully saturated rings. The monoisotopic (exact) mass is 401 g/mol. The highest BCUT2D eigenvalue weighted by molar-refractivity contribution is 6.45. The van der Waals surface area contributed by atoms with E-state index >= 15 is 0 Å². The topological polar surface area (TPSA) is 96.0 Å². The fraction of sp³-hybridized carbons (Fsp3) is 0.158. The van der Waals surface area contributed by atoms with E-state index in [-0.39, 0.29) is 11.6 Å². The van der Waals surface area contributed by atoms with Crippen LogP contribution in [0.3, 0.4) is 0 Å². The van der Waals surface area contributed by atoms with E-state index in [0.717, 1.165) is 4.90 Å². The maximum absolute atomic E-state index is 12.4. The zero-order valence-corrected chi connectivity index (χ0v) is 15.6. The van der Waals surface area contributed by atoms with E-state index in [9.17, 15) is 19.2 Å². The number of hydrogen-bond acceptors (Lipinski definition) is 5. The van der Waals surface area contributed by atoms with Crippen LogP contribution in [0, 0.1) is 0 Å². The number of imide groups is 2. The van der Waals surface area contributed by atoms with Gasteiger partial charge >= 0.3 is 17.8 Å². The molecule has 0 aromatic heterocycles. The van der Waals surface area contributed by atoms with Crippen LogP contribution >= 0.6 is 11.6 Å². The largest absolute Gasteiger partial charge is 0.495 e. The third-order valence-electron chi connectivity index (χ3n) is 4.06. The Hall–Kier alpha value is -3.39. The zero-order chi connectivity index (χ0) is 20.3. The third-order valence-corrected chi connectivity index (χ3v) is 4.35. The Morgan fingerprint density at radius 2 is 1.71 bits per heavy atom. The molecule has 9 heteroatoms. The molecule has 28 heavy (non-hydrogen) atoms. The van der Waals surface area contributed by atoms with E-state index in [1.54, 1.807) is 42.5 Å². The molecule has 1 aliphatic heterocycles. The molecule has 0 atom stereocenters. The van der Waals surface area contributed by atoms with Gasteiger partial charge in [0.05, 0.1) is 18.7 Å². The Balaban J connectivity index is 1.67. The molecule has 8 nitrogen and oxygen atoms in total. The zero-order valence-electron chi connectivity index (χ0n) is 14.8. The molecule has 0 aliphatic carbocycles. The molecule has 0 saturated carbocycles. The highest BCUT2D eigenvalue weighted by atomic mass is 35.5. The lowest BCUT2D eigenvalue weighted by Crippen LogP contribution is -2.38. The van der Waals surface area contributed by atoms with Gasteiger partial charge in [-0.2, -0.15) is 0 Å². The van der Waals surface area contributed by atoms with Crippen LogP contribution in [0.4, 0.5) is 10.5 Å². The van der Waals surface area contributed by atoms with Crippen molar-refractivity contribution >= 4 is 41.0 Å². The summed E-state index contributed by atoms with van der Waals surface area (Å²) in [7, 11) is 1.46. The smallest absolute Gasteiger partial charge is 0.335 e. The Morgan fingerprint density at radius 3 is 2.36 bits per heavy atom. The summed E-state index contributed by atoms with van der Waals surface area (Å²) in [4.78, 5) is 50.4. The van der Waals surface area contributed by atoms with E-state index in [4.69, 9.17) is 16.3 Å². The number of urea groups is 1. The van der Waals surface area contributed by atoms with Gasteiger partial charge in [0, 0.05) is 5.69 Å². The lowest BCUT2D eigenvalue weighted by atomic mass is 10.2. The molecule has 3 rings (SSSR count). The molecular formula is C19H16ClN3O5. The predicted molar refractivity (Wildman–Crippen MR) is 101 cm³/mol. The molecule has 144 valence electrons. The van der Waals surface area contributed by atoms with Crippen LogP contribution in [0.15, 0.2) is 48.5 Å². The number of anilines is 1. The predicted octanol–water partition coefficient (Wildman–Crippen LogP) is 2.28. The van der Waals surface area contributed by atoms with Crippen LogP contribution in [-0.4, -0.2) is 47.2 Å². The second kappa shape index (κ2) is 8.10. The second-order valence-corrected chi connectivity index (χ2v) is 6.36. The summed E-state index contributed by atoms with van der Waals surface area (Å²) >= 11 is 6.00. The van der Waals surface area contributed by atoms with E-state index in [1.165, 1.54) is 13.2 Å². The Kier molecular flexibility index (Phi) is 5.60. The number of methoxy groups -OCH3 is 1. The fourth-order valence-corrected chi connectivity index (χ4v) is 2.94. The van der Waals surface area contributed by atoms with Crippen molar-refractivity contribution in [3.05, 3.63) is 59.1 Å². The fourth-order valence-electron chi connectivity index (χ4n) is 2.68. The van der Waals surface area contributed by atoms with E-state index < -0.39 is 30.3 Å². The number of nitrogens with zero attached hydrogens (tertiary/aromatic N) is 2. The summed E-state index contributed by atoms with van der Waals surface area (Å²) in [6.45, 7) is -0.630. The number of benzene rings is 2. The van der Waals surface area contributed by atoms with Crippen molar-refractivity contribution in [3.63, 3.8) is 0 Å². The first-order chi connectivity index (χ1) is 13.4. The summed E-state index contributed by atoms with van der Waals surface area (Å²) in [6, 6.07) is 12.5. The minimum atomic E-state index is -1.04. The van der Waals surface area contributed by atoms with Crippen molar-refractivity contribution < 1.29 is 23.9 Å². The third kappa shape index (κ3) is 3.96. The summed E-state index contributed by atoms with van der Waals surface area (Å²) < 4.78 is 5.03. The van der Waals surface area contributed by atoms with Crippen LogP contribution < -0.4 is 10.1 Å². The minimum absolute atomic E-state index is 0.0452. The maximum Gasteiger partial charge on any atom is 0.335 e. The Bertz CT molecular complexity index is 948. The van der Waals surface area contributed by atoms with Gasteiger partial charge in [-0.25, -0.2) is 9.69 Å². The standard InChI is InChI=1S/C19H16ClN3O5/c1-28-15-8-7-13(9-14(15)20)21-16(24)11-23-18(26)17(25)22(19(23)27)10-12-5-3-2-4-6-12/h2-9H,10-11H2,1H3,(H,21,24). The molecule has 0 unspecified atom stereocenters. The average molecular weight is 402 g/mol. The van der Waals surface area contributed by atoms with Gasteiger partial charge in [-0.15, -0.1) is 0 Å². The molecule has 5 amide bonds. The number of carbonyl (C=O) groups excluding carboxylic acids is 4.